The Hall–Kier alpha value is -1.40. The molecule has 2 rings (SSSR count). The van der Waals surface area contributed by atoms with Crippen molar-refractivity contribution in [3.05, 3.63) is 42.5 Å². The molecule has 0 aliphatic carbocycles. The molecule has 0 N–H and O–H groups in total. The van der Waals surface area contributed by atoms with Gasteiger partial charge in [-0.05, 0) is 30.9 Å². The van der Waals surface area contributed by atoms with Crippen LogP contribution in [0.25, 0.3) is 0 Å². The highest BCUT2D eigenvalue weighted by Gasteiger charge is 2.29. The summed E-state index contributed by atoms with van der Waals surface area (Å²) in [7, 11) is 3.29. The fourth-order valence-electron chi connectivity index (χ4n) is 2.99. The first-order valence-electron chi connectivity index (χ1n) is 8.80. The molecule has 1 aromatic rings. The smallest absolute Gasteiger partial charge is 0.184 e. The van der Waals surface area contributed by atoms with Gasteiger partial charge in [-0.1, -0.05) is 25.1 Å². The summed E-state index contributed by atoms with van der Waals surface area (Å²) in [5, 5.41) is 0. The van der Waals surface area contributed by atoms with Crippen molar-refractivity contribution < 1.29 is 23.7 Å². The van der Waals surface area contributed by atoms with Gasteiger partial charge in [-0.25, -0.2) is 0 Å². The summed E-state index contributed by atoms with van der Waals surface area (Å²) < 4.78 is 28.1. The number of hydrogen-bond donors (Lipinski definition) is 0. The molecular weight excluding hydrogens is 320 g/mol. The van der Waals surface area contributed by atoms with Gasteiger partial charge in [0.1, 0.15) is 12.5 Å². The van der Waals surface area contributed by atoms with Crippen LogP contribution in [0.2, 0.25) is 0 Å². The van der Waals surface area contributed by atoms with Crippen molar-refractivity contribution in [1.82, 2.24) is 0 Å². The van der Waals surface area contributed by atoms with E-state index in [1.807, 2.05) is 30.3 Å². The van der Waals surface area contributed by atoms with E-state index in [0.717, 1.165) is 30.6 Å². The lowest BCUT2D eigenvalue weighted by Gasteiger charge is -2.34. The monoisotopic (exact) mass is 350 g/mol. The number of methoxy groups -OCH3 is 2. The molecule has 0 saturated carbocycles. The molecular formula is C20H30O5. The van der Waals surface area contributed by atoms with E-state index in [0.29, 0.717) is 12.5 Å². The van der Waals surface area contributed by atoms with E-state index in [-0.39, 0.29) is 25.3 Å². The zero-order valence-electron chi connectivity index (χ0n) is 15.5. The third-order valence-corrected chi connectivity index (χ3v) is 4.48. The average molecular weight is 350 g/mol. The average Bonchev–Trinajstić information content (AvgIpc) is 2.65. The maximum atomic E-state index is 6.18. The van der Waals surface area contributed by atoms with Gasteiger partial charge in [-0.2, -0.15) is 0 Å². The lowest BCUT2D eigenvalue weighted by Crippen LogP contribution is -2.34. The Balaban J connectivity index is 1.96. The lowest BCUT2D eigenvalue weighted by atomic mass is 9.94. The molecule has 1 heterocycles. The maximum absolute atomic E-state index is 6.18. The first-order valence-corrected chi connectivity index (χ1v) is 8.80. The molecule has 0 aromatic heterocycles. The van der Waals surface area contributed by atoms with Crippen LogP contribution in [0.3, 0.4) is 0 Å². The van der Waals surface area contributed by atoms with Crippen LogP contribution in [0.4, 0.5) is 0 Å². The first kappa shape index (κ1) is 19.9. The Labute approximate surface area is 150 Å². The van der Waals surface area contributed by atoms with Crippen LogP contribution < -0.4 is 4.74 Å². The zero-order valence-corrected chi connectivity index (χ0v) is 15.5. The Morgan fingerprint density at radius 1 is 1.28 bits per heavy atom. The van der Waals surface area contributed by atoms with Gasteiger partial charge in [-0.15, -0.1) is 6.58 Å². The van der Waals surface area contributed by atoms with Crippen molar-refractivity contribution in [1.29, 1.82) is 0 Å². The fraction of sp³-hybridized carbons (Fsp3) is 0.600. The highest BCUT2D eigenvalue weighted by molar-refractivity contribution is 5.27. The van der Waals surface area contributed by atoms with Gasteiger partial charge in [0, 0.05) is 19.1 Å². The van der Waals surface area contributed by atoms with Crippen molar-refractivity contribution in [3.8, 4) is 5.75 Å². The largest absolute Gasteiger partial charge is 0.497 e. The number of rotatable bonds is 10. The molecule has 1 unspecified atom stereocenters. The summed E-state index contributed by atoms with van der Waals surface area (Å²) in [6.07, 6.45) is 4.32. The SMILES string of the molecule is C=CC[C@H](C)[C@@H](C[C@H]1CCOC(c2ccc(OC)cc2)O1)OCOC. The topological polar surface area (TPSA) is 46.2 Å². The zero-order chi connectivity index (χ0) is 18.1. The highest BCUT2D eigenvalue weighted by atomic mass is 16.7. The Morgan fingerprint density at radius 2 is 2.04 bits per heavy atom. The minimum absolute atomic E-state index is 0.0672. The second-order valence-corrected chi connectivity index (χ2v) is 6.37. The summed E-state index contributed by atoms with van der Waals surface area (Å²) in [5.74, 6) is 1.18. The van der Waals surface area contributed by atoms with Crippen molar-refractivity contribution >= 4 is 0 Å². The van der Waals surface area contributed by atoms with Gasteiger partial charge in [0.05, 0.1) is 25.9 Å². The quantitative estimate of drug-likeness (QED) is 0.470. The molecule has 140 valence electrons. The molecule has 1 aromatic carbocycles. The predicted octanol–water partition coefficient (Wildman–Crippen LogP) is 4.09. The number of hydrogen-bond acceptors (Lipinski definition) is 5. The second-order valence-electron chi connectivity index (χ2n) is 6.37. The third-order valence-electron chi connectivity index (χ3n) is 4.48. The van der Waals surface area contributed by atoms with Crippen molar-refractivity contribution in [2.75, 3.05) is 27.6 Å². The van der Waals surface area contributed by atoms with Crippen LogP contribution >= 0.6 is 0 Å². The molecule has 4 atom stereocenters. The van der Waals surface area contributed by atoms with Crippen molar-refractivity contribution in [2.45, 2.75) is 44.7 Å². The van der Waals surface area contributed by atoms with E-state index in [1.54, 1.807) is 14.2 Å². The van der Waals surface area contributed by atoms with Gasteiger partial charge < -0.3 is 23.7 Å². The summed E-state index contributed by atoms with van der Waals surface area (Å²) in [6.45, 7) is 6.96. The molecule has 0 radical (unpaired) electrons. The van der Waals surface area contributed by atoms with E-state index in [1.165, 1.54) is 0 Å². The summed E-state index contributed by atoms with van der Waals surface area (Å²) in [5.41, 5.74) is 0.999. The summed E-state index contributed by atoms with van der Waals surface area (Å²) in [4.78, 5) is 0. The normalized spacial score (nSPS) is 23.0. The molecule has 0 bridgehead atoms. The van der Waals surface area contributed by atoms with Crippen LogP contribution in [-0.4, -0.2) is 39.8 Å². The van der Waals surface area contributed by atoms with Gasteiger partial charge in [0.2, 0.25) is 0 Å². The van der Waals surface area contributed by atoms with Crippen molar-refractivity contribution in [2.24, 2.45) is 5.92 Å². The molecule has 5 nitrogen and oxygen atoms in total. The minimum Gasteiger partial charge on any atom is -0.497 e. The molecule has 5 heteroatoms. The number of ether oxygens (including phenoxy) is 5. The maximum Gasteiger partial charge on any atom is 0.184 e. The van der Waals surface area contributed by atoms with Crippen LogP contribution in [0.15, 0.2) is 36.9 Å². The minimum atomic E-state index is -0.345. The van der Waals surface area contributed by atoms with Crippen LogP contribution in [0.1, 0.15) is 38.0 Å². The lowest BCUT2D eigenvalue weighted by molar-refractivity contribution is -0.227. The number of benzene rings is 1. The molecule has 0 spiro atoms. The van der Waals surface area contributed by atoms with E-state index in [9.17, 15) is 0 Å². The van der Waals surface area contributed by atoms with Crippen molar-refractivity contribution in [3.63, 3.8) is 0 Å². The summed E-state index contributed by atoms with van der Waals surface area (Å²) in [6, 6.07) is 7.79. The third kappa shape index (κ3) is 6.12. The Morgan fingerprint density at radius 3 is 2.68 bits per heavy atom. The van der Waals surface area contributed by atoms with E-state index >= 15 is 0 Å². The molecule has 1 fully saturated rings. The second kappa shape index (κ2) is 10.6. The van der Waals surface area contributed by atoms with E-state index < -0.39 is 0 Å². The first-order chi connectivity index (χ1) is 12.2. The van der Waals surface area contributed by atoms with Gasteiger partial charge >= 0.3 is 0 Å². The molecule has 1 aliphatic rings. The van der Waals surface area contributed by atoms with E-state index in [4.69, 9.17) is 23.7 Å². The van der Waals surface area contributed by atoms with Crippen LogP contribution in [0, 0.1) is 5.92 Å². The summed E-state index contributed by atoms with van der Waals surface area (Å²) >= 11 is 0. The highest BCUT2D eigenvalue weighted by Crippen LogP contribution is 2.31. The van der Waals surface area contributed by atoms with Gasteiger partial charge in [0.15, 0.2) is 6.29 Å². The Kier molecular flexibility index (Phi) is 8.41. The van der Waals surface area contributed by atoms with Gasteiger partial charge in [0.25, 0.3) is 0 Å². The van der Waals surface area contributed by atoms with Crippen LogP contribution in [0.5, 0.6) is 5.75 Å². The number of allylic oxidation sites excluding steroid dienone is 1. The van der Waals surface area contributed by atoms with E-state index in [2.05, 4.69) is 13.5 Å². The molecule has 0 amide bonds. The Bertz CT molecular complexity index is 501. The molecule has 1 aliphatic heterocycles. The van der Waals surface area contributed by atoms with Gasteiger partial charge in [-0.3, -0.25) is 0 Å². The molecule has 25 heavy (non-hydrogen) atoms. The van der Waals surface area contributed by atoms with Crippen LogP contribution in [-0.2, 0) is 18.9 Å². The molecule has 1 saturated heterocycles. The standard InChI is InChI=1S/C20H30O5/c1-5-6-15(2)19(24-14-21-3)13-18-11-12-23-20(25-18)16-7-9-17(22-4)10-8-16/h5,7-10,15,18-20H,1,6,11-14H2,2-4H3/t15-,18+,19+,20?/m0/s1. The predicted molar refractivity (Wildman–Crippen MR) is 96.5 cm³/mol. The fourth-order valence-corrected chi connectivity index (χ4v) is 2.99.